The molecule has 0 saturated carbocycles. The average Bonchev–Trinajstić information content (AvgIpc) is 3.10. The SMILES string of the molecule is CC[B-](CC)(C1=N[C@@H](C(C)C)CO1)C1=N[C@@H](C(C)C)CO1. The summed E-state index contributed by atoms with van der Waals surface area (Å²) in [6.45, 7) is 14.6. The summed E-state index contributed by atoms with van der Waals surface area (Å²) >= 11 is 0. The topological polar surface area (TPSA) is 43.2 Å². The highest BCUT2D eigenvalue weighted by Gasteiger charge is 2.41. The van der Waals surface area contributed by atoms with E-state index in [2.05, 4.69) is 41.5 Å². The van der Waals surface area contributed by atoms with Gasteiger partial charge in [0.05, 0.1) is 12.1 Å². The monoisotopic (exact) mass is 293 g/mol. The van der Waals surface area contributed by atoms with Crippen LogP contribution in [0.2, 0.25) is 12.6 Å². The van der Waals surface area contributed by atoms with Gasteiger partial charge >= 0.3 is 0 Å². The molecule has 2 atom stereocenters. The van der Waals surface area contributed by atoms with Crippen LogP contribution in [0.4, 0.5) is 0 Å². The molecule has 2 aliphatic rings. The predicted octanol–water partition coefficient (Wildman–Crippen LogP) is 3.46. The van der Waals surface area contributed by atoms with Crippen LogP contribution in [-0.2, 0) is 9.47 Å². The summed E-state index contributed by atoms with van der Waals surface area (Å²) in [6, 6.07) is 0.560. The van der Waals surface area contributed by atoms with E-state index in [1.165, 1.54) is 0 Å². The van der Waals surface area contributed by atoms with Gasteiger partial charge in [0.1, 0.15) is 13.2 Å². The Hall–Kier alpha value is -0.995. The van der Waals surface area contributed by atoms with Gasteiger partial charge in [0, 0.05) is 11.6 Å². The number of hydrogen-bond donors (Lipinski definition) is 0. The quantitative estimate of drug-likeness (QED) is 0.704. The molecular formula is C16H30BN2O2-. The van der Waals surface area contributed by atoms with Crippen LogP contribution in [0.1, 0.15) is 41.5 Å². The molecule has 2 rings (SSSR count). The van der Waals surface area contributed by atoms with E-state index in [1.54, 1.807) is 0 Å². The van der Waals surface area contributed by atoms with Gasteiger partial charge in [0.2, 0.25) is 0 Å². The molecule has 0 fully saturated rings. The molecule has 0 aromatic heterocycles. The Morgan fingerprint density at radius 2 is 1.29 bits per heavy atom. The molecule has 5 heteroatoms. The lowest BCUT2D eigenvalue weighted by Gasteiger charge is -2.36. The average molecular weight is 293 g/mol. The van der Waals surface area contributed by atoms with Gasteiger partial charge in [0.25, 0.3) is 0 Å². The van der Waals surface area contributed by atoms with E-state index in [9.17, 15) is 0 Å². The van der Waals surface area contributed by atoms with Crippen LogP contribution in [0.15, 0.2) is 9.98 Å². The van der Waals surface area contributed by atoms with Gasteiger partial charge in [-0.3, -0.25) is 9.98 Å². The summed E-state index contributed by atoms with van der Waals surface area (Å²) in [6.07, 6.45) is 0.904. The van der Waals surface area contributed by atoms with Gasteiger partial charge in [-0.15, -0.1) is 0 Å². The molecule has 2 heterocycles. The molecule has 0 aliphatic carbocycles. The molecule has 2 aliphatic heterocycles. The van der Waals surface area contributed by atoms with Crippen LogP contribution in [0, 0.1) is 11.8 Å². The second kappa shape index (κ2) is 6.41. The molecule has 0 aromatic rings. The van der Waals surface area contributed by atoms with Crippen molar-refractivity contribution in [1.29, 1.82) is 0 Å². The molecule has 21 heavy (non-hydrogen) atoms. The van der Waals surface area contributed by atoms with E-state index in [4.69, 9.17) is 19.5 Å². The Morgan fingerprint density at radius 3 is 1.52 bits per heavy atom. The van der Waals surface area contributed by atoms with Crippen LogP contribution in [0.25, 0.3) is 0 Å². The van der Waals surface area contributed by atoms with Gasteiger partial charge in [-0.1, -0.05) is 41.5 Å². The Bertz CT molecular complexity index is 392. The Morgan fingerprint density at radius 1 is 0.905 bits per heavy atom. The number of rotatable bonds is 6. The largest absolute Gasteiger partial charge is 0.519 e. The summed E-state index contributed by atoms with van der Waals surface area (Å²) in [5, 5.41) is 0. The maximum absolute atomic E-state index is 6.00. The molecule has 0 unspecified atom stereocenters. The van der Waals surface area contributed by atoms with Gasteiger partial charge in [-0.25, -0.2) is 0 Å². The maximum atomic E-state index is 6.00. The van der Waals surface area contributed by atoms with E-state index in [-0.39, 0.29) is 12.1 Å². The fourth-order valence-electron chi connectivity index (χ4n) is 3.20. The van der Waals surface area contributed by atoms with Crippen LogP contribution in [-0.4, -0.2) is 43.0 Å². The van der Waals surface area contributed by atoms with E-state index >= 15 is 0 Å². The van der Waals surface area contributed by atoms with Crippen LogP contribution >= 0.6 is 0 Å². The highest BCUT2D eigenvalue weighted by molar-refractivity contribution is 7.24. The molecule has 120 valence electrons. The summed E-state index contributed by atoms with van der Waals surface area (Å²) in [7, 11) is 0. The second-order valence-electron chi connectivity index (χ2n) is 7.25. The fraction of sp³-hybridized carbons (Fsp3) is 0.875. The summed E-state index contributed by atoms with van der Waals surface area (Å²) < 4.78 is 12.0. The molecule has 0 aromatic carbocycles. The molecule has 0 radical (unpaired) electrons. The third-order valence-corrected chi connectivity index (χ3v) is 5.27. The smallest absolute Gasteiger partial charge is 0.180 e. The van der Waals surface area contributed by atoms with E-state index in [1.807, 2.05) is 0 Å². The van der Waals surface area contributed by atoms with Crippen molar-refractivity contribution in [3.63, 3.8) is 0 Å². The molecule has 4 nitrogen and oxygen atoms in total. The van der Waals surface area contributed by atoms with Gasteiger partial charge in [0.15, 0.2) is 6.15 Å². The Balaban J connectivity index is 2.30. The summed E-state index contributed by atoms with van der Waals surface area (Å²) in [5.74, 6) is 2.84. The molecule has 0 N–H and O–H groups in total. The first-order chi connectivity index (χ1) is 9.94. The number of nitrogens with zero attached hydrogens (tertiary/aromatic N) is 2. The highest BCUT2D eigenvalue weighted by Crippen LogP contribution is 2.29. The number of aliphatic imine (C=N–C) groups is 2. The normalized spacial score (nSPS) is 25.9. The number of ether oxygens (including phenoxy) is 2. The minimum atomic E-state index is -1.05. The second-order valence-corrected chi connectivity index (χ2v) is 7.25. The lowest BCUT2D eigenvalue weighted by molar-refractivity contribution is 0.290. The van der Waals surface area contributed by atoms with Crippen molar-refractivity contribution in [2.45, 2.75) is 66.3 Å². The fourth-order valence-corrected chi connectivity index (χ4v) is 3.20. The predicted molar refractivity (Wildman–Crippen MR) is 90.7 cm³/mol. The van der Waals surface area contributed by atoms with Crippen molar-refractivity contribution >= 4 is 17.7 Å². The third-order valence-electron chi connectivity index (χ3n) is 5.27. The minimum absolute atomic E-state index is 0.280. The zero-order valence-electron chi connectivity index (χ0n) is 14.4. The van der Waals surface area contributed by atoms with Crippen molar-refractivity contribution in [2.24, 2.45) is 21.8 Å². The van der Waals surface area contributed by atoms with Gasteiger partial charge < -0.3 is 9.47 Å². The lowest BCUT2D eigenvalue weighted by Crippen LogP contribution is -2.52. The standard InChI is InChI=1S/C16H30BN2O2/c1-7-17(8-2,15-18-13(9-20-15)11(3)4)16-19-14(10-21-16)12(5)6/h11-14H,7-10H2,1-6H3/q-1/t13-,14-/m1/s1. The summed E-state index contributed by atoms with van der Waals surface area (Å²) in [5.41, 5.74) is 0. The van der Waals surface area contributed by atoms with Crippen LogP contribution < -0.4 is 0 Å². The van der Waals surface area contributed by atoms with Crippen molar-refractivity contribution in [1.82, 2.24) is 0 Å². The first-order valence-electron chi connectivity index (χ1n) is 8.55. The Kier molecular flexibility index (Phi) is 5.00. The van der Waals surface area contributed by atoms with E-state index < -0.39 is 6.15 Å². The van der Waals surface area contributed by atoms with Crippen LogP contribution in [0.3, 0.4) is 0 Å². The van der Waals surface area contributed by atoms with Gasteiger partial charge in [-0.2, -0.15) is 12.6 Å². The first-order valence-corrected chi connectivity index (χ1v) is 8.55. The van der Waals surface area contributed by atoms with Crippen LogP contribution in [0.5, 0.6) is 0 Å². The molecule has 0 amide bonds. The first kappa shape index (κ1) is 16.4. The molecule has 0 bridgehead atoms. The summed E-state index contributed by atoms with van der Waals surface area (Å²) in [4.78, 5) is 9.76. The molecule has 0 spiro atoms. The van der Waals surface area contributed by atoms with Gasteiger partial charge in [-0.05, 0) is 11.8 Å². The maximum Gasteiger partial charge on any atom is 0.180 e. The van der Waals surface area contributed by atoms with Crippen molar-refractivity contribution < 1.29 is 9.47 Å². The Labute approximate surface area is 129 Å². The zero-order valence-corrected chi connectivity index (χ0v) is 14.4. The zero-order chi connectivity index (χ0) is 15.6. The van der Waals surface area contributed by atoms with Crippen molar-refractivity contribution in [3.8, 4) is 0 Å². The molecule has 0 saturated heterocycles. The molecular weight excluding hydrogens is 263 g/mol. The van der Waals surface area contributed by atoms with E-state index in [0.717, 1.165) is 24.2 Å². The van der Waals surface area contributed by atoms with Crippen molar-refractivity contribution in [2.75, 3.05) is 13.2 Å². The highest BCUT2D eigenvalue weighted by atomic mass is 16.5. The third kappa shape index (κ3) is 2.97. The lowest BCUT2D eigenvalue weighted by atomic mass is 9.21. The minimum Gasteiger partial charge on any atom is -0.519 e. The van der Waals surface area contributed by atoms with E-state index in [0.29, 0.717) is 25.0 Å². The number of hydrogen-bond acceptors (Lipinski definition) is 4. The van der Waals surface area contributed by atoms with Crippen molar-refractivity contribution in [3.05, 3.63) is 0 Å².